The summed E-state index contributed by atoms with van der Waals surface area (Å²) in [7, 11) is 0. The third-order valence-electron chi connectivity index (χ3n) is 2.37. The van der Waals surface area contributed by atoms with Crippen LogP contribution in [0.1, 0.15) is 17.7 Å². The lowest BCUT2D eigenvalue weighted by atomic mass is 10.2. The van der Waals surface area contributed by atoms with E-state index in [0.29, 0.717) is 17.2 Å². The molecule has 0 aliphatic carbocycles. The lowest BCUT2D eigenvalue weighted by Gasteiger charge is -2.00. The second-order valence-corrected chi connectivity index (χ2v) is 5.60. The number of rotatable bonds is 6. The van der Waals surface area contributed by atoms with Crippen molar-refractivity contribution in [3.8, 4) is 0 Å². The zero-order valence-corrected chi connectivity index (χ0v) is 11.7. The van der Waals surface area contributed by atoms with Gasteiger partial charge in [0, 0.05) is 11.8 Å². The molecule has 5 nitrogen and oxygen atoms in total. The summed E-state index contributed by atoms with van der Waals surface area (Å²) in [5.74, 6) is -0.508. The van der Waals surface area contributed by atoms with Crippen molar-refractivity contribution in [3.63, 3.8) is 0 Å². The van der Waals surface area contributed by atoms with Crippen LogP contribution in [0.3, 0.4) is 0 Å². The number of carbonyl (C=O) groups excluding carboxylic acids is 2. The van der Waals surface area contributed by atoms with E-state index in [0.717, 1.165) is 12.0 Å². The minimum Gasteiger partial charge on any atom is -0.369 e. The van der Waals surface area contributed by atoms with E-state index in [2.05, 4.69) is 10.3 Å². The van der Waals surface area contributed by atoms with Crippen molar-refractivity contribution in [1.82, 2.24) is 4.98 Å². The number of nitrogens with one attached hydrogen (secondary N) is 1. The van der Waals surface area contributed by atoms with Gasteiger partial charge in [0.2, 0.25) is 11.8 Å². The van der Waals surface area contributed by atoms with Crippen molar-refractivity contribution >= 4 is 39.6 Å². The fourth-order valence-corrected chi connectivity index (χ4v) is 2.93. The molecule has 2 aromatic rings. The Kier molecular flexibility index (Phi) is 4.64. The highest BCUT2D eigenvalue weighted by atomic mass is 32.1. The summed E-state index contributed by atoms with van der Waals surface area (Å²) >= 11 is 2.91. The van der Waals surface area contributed by atoms with Gasteiger partial charge in [0.25, 0.3) is 0 Å². The number of primary amides is 1. The van der Waals surface area contributed by atoms with Crippen molar-refractivity contribution in [3.05, 3.63) is 33.5 Å². The number of carbonyl (C=O) groups is 2. The highest BCUT2D eigenvalue weighted by Gasteiger charge is 2.08. The molecule has 19 heavy (non-hydrogen) atoms. The summed E-state index contributed by atoms with van der Waals surface area (Å²) in [6, 6.07) is 2.01. The maximum atomic E-state index is 11.7. The van der Waals surface area contributed by atoms with Crippen molar-refractivity contribution in [2.75, 3.05) is 5.32 Å². The van der Waals surface area contributed by atoms with Gasteiger partial charge < -0.3 is 11.1 Å². The van der Waals surface area contributed by atoms with Crippen molar-refractivity contribution in [2.45, 2.75) is 19.3 Å². The van der Waals surface area contributed by atoms with Crippen LogP contribution in [0.2, 0.25) is 0 Å². The Labute approximate surface area is 118 Å². The van der Waals surface area contributed by atoms with Gasteiger partial charge in [-0.1, -0.05) is 0 Å². The lowest BCUT2D eigenvalue weighted by molar-refractivity contribution is -0.117. The number of aryl methyl sites for hydroxylation is 1. The zero-order chi connectivity index (χ0) is 13.7. The van der Waals surface area contributed by atoms with Crippen molar-refractivity contribution in [1.29, 1.82) is 0 Å². The average Bonchev–Trinajstić information content (AvgIpc) is 2.97. The SMILES string of the molecule is NC(=O)Cc1csc(NC(=O)CCc2ccsc2)n1. The number of aromatic nitrogens is 1. The Hall–Kier alpha value is -1.73. The number of hydrogen-bond donors (Lipinski definition) is 2. The fraction of sp³-hybridized carbons (Fsp3) is 0.250. The van der Waals surface area contributed by atoms with Gasteiger partial charge in [-0.15, -0.1) is 11.3 Å². The Morgan fingerprint density at radius 2 is 2.21 bits per heavy atom. The van der Waals surface area contributed by atoms with E-state index in [1.165, 1.54) is 11.3 Å². The number of thiophene rings is 1. The Balaban J connectivity index is 1.81. The zero-order valence-electron chi connectivity index (χ0n) is 10.1. The first-order chi connectivity index (χ1) is 9.13. The van der Waals surface area contributed by atoms with E-state index in [-0.39, 0.29) is 12.3 Å². The Bertz CT molecular complexity index is 563. The molecule has 2 amide bonds. The fourth-order valence-electron chi connectivity index (χ4n) is 1.50. The molecule has 3 N–H and O–H groups in total. The first kappa shape index (κ1) is 13.7. The largest absolute Gasteiger partial charge is 0.369 e. The standard InChI is InChI=1S/C12H13N3O2S2/c13-10(16)5-9-7-19-12(14-9)15-11(17)2-1-8-3-4-18-6-8/h3-4,6-7H,1-2,5H2,(H2,13,16)(H,14,15,17). The van der Waals surface area contributed by atoms with Gasteiger partial charge in [-0.25, -0.2) is 4.98 Å². The van der Waals surface area contributed by atoms with Gasteiger partial charge >= 0.3 is 0 Å². The number of amides is 2. The van der Waals surface area contributed by atoms with Crippen LogP contribution in [-0.4, -0.2) is 16.8 Å². The first-order valence-electron chi connectivity index (χ1n) is 5.67. The molecule has 2 aromatic heterocycles. The molecule has 0 saturated carbocycles. The van der Waals surface area contributed by atoms with Crippen LogP contribution in [-0.2, 0) is 22.4 Å². The second-order valence-electron chi connectivity index (χ2n) is 3.97. The molecular weight excluding hydrogens is 282 g/mol. The van der Waals surface area contributed by atoms with Gasteiger partial charge in [0.15, 0.2) is 5.13 Å². The van der Waals surface area contributed by atoms with E-state index >= 15 is 0 Å². The van der Waals surface area contributed by atoms with Gasteiger partial charge in [-0.05, 0) is 28.8 Å². The Morgan fingerprint density at radius 1 is 1.37 bits per heavy atom. The summed E-state index contributed by atoms with van der Waals surface area (Å²) in [5, 5.41) is 8.96. The lowest BCUT2D eigenvalue weighted by Crippen LogP contribution is -2.14. The molecule has 0 bridgehead atoms. The number of hydrogen-bond acceptors (Lipinski definition) is 5. The van der Waals surface area contributed by atoms with Crippen LogP contribution >= 0.6 is 22.7 Å². The molecule has 2 rings (SSSR count). The van der Waals surface area contributed by atoms with Crippen molar-refractivity contribution < 1.29 is 9.59 Å². The molecule has 0 aliphatic heterocycles. The number of anilines is 1. The van der Waals surface area contributed by atoms with Crippen LogP contribution < -0.4 is 11.1 Å². The predicted molar refractivity (Wildman–Crippen MR) is 76.3 cm³/mol. The third-order valence-corrected chi connectivity index (χ3v) is 3.91. The average molecular weight is 295 g/mol. The summed E-state index contributed by atoms with van der Waals surface area (Å²) in [4.78, 5) is 26.6. The smallest absolute Gasteiger partial charge is 0.226 e. The van der Waals surface area contributed by atoms with Gasteiger partial charge in [-0.2, -0.15) is 11.3 Å². The van der Waals surface area contributed by atoms with Crippen LogP contribution in [0.5, 0.6) is 0 Å². The molecule has 0 fully saturated rings. The summed E-state index contributed by atoms with van der Waals surface area (Å²) < 4.78 is 0. The first-order valence-corrected chi connectivity index (χ1v) is 7.49. The van der Waals surface area contributed by atoms with Gasteiger partial charge in [0.1, 0.15) is 0 Å². The minimum atomic E-state index is -0.430. The van der Waals surface area contributed by atoms with Gasteiger partial charge in [-0.3, -0.25) is 9.59 Å². The highest BCUT2D eigenvalue weighted by molar-refractivity contribution is 7.14. The second kappa shape index (κ2) is 6.44. The summed E-state index contributed by atoms with van der Waals surface area (Å²) in [5.41, 5.74) is 6.83. The van der Waals surface area contributed by atoms with E-state index in [4.69, 9.17) is 5.73 Å². The molecule has 7 heteroatoms. The molecular formula is C12H13N3O2S2. The molecule has 100 valence electrons. The molecule has 0 unspecified atom stereocenters. The number of thiazole rings is 1. The predicted octanol–water partition coefficient (Wildman–Crippen LogP) is 1.80. The van der Waals surface area contributed by atoms with Crippen LogP contribution in [0.4, 0.5) is 5.13 Å². The summed E-state index contributed by atoms with van der Waals surface area (Å²) in [6.07, 6.45) is 1.23. The molecule has 2 heterocycles. The third kappa shape index (κ3) is 4.46. The number of nitrogens with zero attached hydrogens (tertiary/aromatic N) is 1. The van der Waals surface area contributed by atoms with E-state index < -0.39 is 5.91 Å². The molecule has 0 aliphatic rings. The molecule has 0 aromatic carbocycles. The van der Waals surface area contributed by atoms with Crippen LogP contribution in [0, 0.1) is 0 Å². The minimum absolute atomic E-state index is 0.0776. The van der Waals surface area contributed by atoms with Crippen molar-refractivity contribution in [2.24, 2.45) is 5.73 Å². The van der Waals surface area contributed by atoms with E-state index in [1.54, 1.807) is 16.7 Å². The Morgan fingerprint density at radius 3 is 2.89 bits per heavy atom. The quantitative estimate of drug-likeness (QED) is 0.852. The summed E-state index contributed by atoms with van der Waals surface area (Å²) in [6.45, 7) is 0. The van der Waals surface area contributed by atoms with E-state index in [9.17, 15) is 9.59 Å². The van der Waals surface area contributed by atoms with E-state index in [1.807, 2.05) is 16.8 Å². The normalized spacial score (nSPS) is 10.3. The maximum absolute atomic E-state index is 11.7. The monoisotopic (exact) mass is 295 g/mol. The number of nitrogens with two attached hydrogens (primary N) is 1. The molecule has 0 spiro atoms. The maximum Gasteiger partial charge on any atom is 0.226 e. The molecule has 0 radical (unpaired) electrons. The van der Waals surface area contributed by atoms with Crippen LogP contribution in [0.25, 0.3) is 0 Å². The topological polar surface area (TPSA) is 85.1 Å². The van der Waals surface area contributed by atoms with Crippen LogP contribution in [0.15, 0.2) is 22.2 Å². The molecule has 0 atom stereocenters. The molecule has 0 saturated heterocycles. The highest BCUT2D eigenvalue weighted by Crippen LogP contribution is 2.16. The van der Waals surface area contributed by atoms with Gasteiger partial charge in [0.05, 0.1) is 12.1 Å².